The number of esters is 1. The van der Waals surface area contributed by atoms with Gasteiger partial charge in [0, 0.05) is 19.2 Å². The van der Waals surface area contributed by atoms with Crippen LogP contribution < -0.4 is 4.90 Å². The fourth-order valence-corrected chi connectivity index (χ4v) is 2.53. The molecule has 1 aromatic carbocycles. The standard InChI is InChI=1S/C15H20N2O4/c1-3-21-15(18)12-4-5-13(14(10-12)17(19)20)16-8-6-11(2)7-9-16/h4-5,10-11H,3,6-9H2,1-2H3. The fourth-order valence-electron chi connectivity index (χ4n) is 2.53. The van der Waals surface area contributed by atoms with Crippen LogP contribution in [0.15, 0.2) is 18.2 Å². The summed E-state index contributed by atoms with van der Waals surface area (Å²) in [4.78, 5) is 24.6. The first-order chi connectivity index (χ1) is 10.0. The molecule has 0 amide bonds. The number of carbonyl (C=O) groups excluding carboxylic acids is 1. The molecule has 0 saturated carbocycles. The zero-order valence-electron chi connectivity index (χ0n) is 12.4. The van der Waals surface area contributed by atoms with E-state index in [9.17, 15) is 14.9 Å². The van der Waals surface area contributed by atoms with Crippen molar-refractivity contribution in [1.29, 1.82) is 0 Å². The lowest BCUT2D eigenvalue weighted by molar-refractivity contribution is -0.384. The number of ether oxygens (including phenoxy) is 1. The van der Waals surface area contributed by atoms with Gasteiger partial charge in [-0.25, -0.2) is 4.79 Å². The Morgan fingerprint density at radius 1 is 1.43 bits per heavy atom. The SMILES string of the molecule is CCOC(=O)c1ccc(N2CCC(C)CC2)c([N+](=O)[O-])c1. The molecule has 1 fully saturated rings. The highest BCUT2D eigenvalue weighted by atomic mass is 16.6. The second-order valence-electron chi connectivity index (χ2n) is 5.35. The molecule has 1 aromatic rings. The predicted octanol–water partition coefficient (Wildman–Crippen LogP) is 3.01. The van der Waals surface area contributed by atoms with Gasteiger partial charge in [-0.15, -0.1) is 0 Å². The van der Waals surface area contributed by atoms with E-state index in [1.165, 1.54) is 6.07 Å². The van der Waals surface area contributed by atoms with E-state index in [1.54, 1.807) is 19.1 Å². The Balaban J connectivity index is 2.29. The first-order valence-corrected chi connectivity index (χ1v) is 7.23. The molecule has 21 heavy (non-hydrogen) atoms. The molecule has 2 rings (SSSR count). The Kier molecular flexibility index (Phi) is 4.77. The third kappa shape index (κ3) is 3.51. The van der Waals surface area contributed by atoms with Crippen molar-refractivity contribution in [2.75, 3.05) is 24.6 Å². The van der Waals surface area contributed by atoms with Crippen molar-refractivity contribution in [1.82, 2.24) is 0 Å². The molecule has 0 unspecified atom stereocenters. The first-order valence-electron chi connectivity index (χ1n) is 7.23. The highest BCUT2D eigenvalue weighted by Crippen LogP contribution is 2.32. The minimum atomic E-state index is -0.528. The Labute approximate surface area is 123 Å². The highest BCUT2D eigenvalue weighted by Gasteiger charge is 2.24. The molecule has 0 N–H and O–H groups in total. The Hall–Kier alpha value is -2.11. The van der Waals surface area contributed by atoms with Gasteiger partial charge in [0.05, 0.1) is 17.1 Å². The zero-order chi connectivity index (χ0) is 15.4. The second kappa shape index (κ2) is 6.56. The van der Waals surface area contributed by atoms with Crippen molar-refractivity contribution in [2.24, 2.45) is 5.92 Å². The molecule has 6 heteroatoms. The lowest BCUT2D eigenvalue weighted by atomic mass is 9.98. The Morgan fingerprint density at radius 2 is 2.10 bits per heavy atom. The van der Waals surface area contributed by atoms with Crippen LogP contribution in [-0.4, -0.2) is 30.6 Å². The van der Waals surface area contributed by atoms with Crippen LogP contribution in [0.5, 0.6) is 0 Å². The van der Waals surface area contributed by atoms with E-state index in [4.69, 9.17) is 4.74 Å². The van der Waals surface area contributed by atoms with Crippen LogP contribution in [0.25, 0.3) is 0 Å². The molecule has 0 aromatic heterocycles. The third-order valence-corrected chi connectivity index (χ3v) is 3.81. The number of piperidine rings is 1. The van der Waals surface area contributed by atoms with Crippen molar-refractivity contribution in [3.63, 3.8) is 0 Å². The van der Waals surface area contributed by atoms with E-state index in [2.05, 4.69) is 6.92 Å². The maximum absolute atomic E-state index is 11.7. The van der Waals surface area contributed by atoms with Gasteiger partial charge in [0.1, 0.15) is 5.69 Å². The van der Waals surface area contributed by atoms with Gasteiger partial charge in [-0.05, 0) is 37.8 Å². The maximum Gasteiger partial charge on any atom is 0.338 e. The molecule has 0 aliphatic carbocycles. The van der Waals surface area contributed by atoms with Crippen molar-refractivity contribution in [3.8, 4) is 0 Å². The van der Waals surface area contributed by atoms with E-state index >= 15 is 0 Å². The van der Waals surface area contributed by atoms with Crippen LogP contribution in [0.2, 0.25) is 0 Å². The summed E-state index contributed by atoms with van der Waals surface area (Å²) in [5.41, 5.74) is 0.771. The number of nitro groups is 1. The molecule has 0 atom stereocenters. The van der Waals surface area contributed by atoms with Gasteiger partial charge in [-0.1, -0.05) is 6.92 Å². The molecule has 1 heterocycles. The predicted molar refractivity (Wildman–Crippen MR) is 79.7 cm³/mol. The number of carbonyl (C=O) groups is 1. The van der Waals surface area contributed by atoms with E-state index in [-0.39, 0.29) is 17.9 Å². The first kappa shape index (κ1) is 15.3. The van der Waals surface area contributed by atoms with E-state index < -0.39 is 10.9 Å². The monoisotopic (exact) mass is 292 g/mol. The normalized spacial score (nSPS) is 15.8. The molecular formula is C15H20N2O4. The summed E-state index contributed by atoms with van der Waals surface area (Å²) < 4.78 is 4.89. The molecule has 1 aliphatic rings. The van der Waals surface area contributed by atoms with Crippen LogP contribution in [0.1, 0.15) is 37.0 Å². The second-order valence-corrected chi connectivity index (χ2v) is 5.35. The lowest BCUT2D eigenvalue weighted by Crippen LogP contribution is -2.33. The van der Waals surface area contributed by atoms with Gasteiger partial charge in [0.2, 0.25) is 0 Å². The molecule has 0 bridgehead atoms. The smallest absolute Gasteiger partial charge is 0.338 e. The average Bonchev–Trinajstić information content (AvgIpc) is 2.47. The van der Waals surface area contributed by atoms with Crippen LogP contribution in [-0.2, 0) is 4.74 Å². The summed E-state index contributed by atoms with van der Waals surface area (Å²) >= 11 is 0. The number of hydrogen-bond donors (Lipinski definition) is 0. The number of nitro benzene ring substituents is 1. The van der Waals surface area contributed by atoms with Crippen molar-refractivity contribution in [2.45, 2.75) is 26.7 Å². The quantitative estimate of drug-likeness (QED) is 0.484. The molecule has 0 radical (unpaired) electrons. The van der Waals surface area contributed by atoms with Gasteiger partial charge in [-0.2, -0.15) is 0 Å². The Bertz CT molecular complexity index is 536. The average molecular weight is 292 g/mol. The number of nitrogens with zero attached hydrogens (tertiary/aromatic N) is 2. The van der Waals surface area contributed by atoms with Crippen LogP contribution in [0.3, 0.4) is 0 Å². The minimum absolute atomic E-state index is 0.0323. The van der Waals surface area contributed by atoms with E-state index in [1.807, 2.05) is 4.90 Å². The lowest BCUT2D eigenvalue weighted by Gasteiger charge is -2.31. The highest BCUT2D eigenvalue weighted by molar-refractivity contribution is 5.91. The topological polar surface area (TPSA) is 72.7 Å². The van der Waals surface area contributed by atoms with Crippen LogP contribution >= 0.6 is 0 Å². The summed E-state index contributed by atoms with van der Waals surface area (Å²) in [5.74, 6) is 0.124. The van der Waals surface area contributed by atoms with E-state index in [0.29, 0.717) is 11.6 Å². The molecule has 114 valence electrons. The maximum atomic E-state index is 11.7. The summed E-state index contributed by atoms with van der Waals surface area (Å²) in [6, 6.07) is 4.56. The Morgan fingerprint density at radius 3 is 2.67 bits per heavy atom. The molecule has 1 saturated heterocycles. The van der Waals surface area contributed by atoms with Crippen LogP contribution in [0, 0.1) is 16.0 Å². The number of hydrogen-bond acceptors (Lipinski definition) is 5. The number of benzene rings is 1. The minimum Gasteiger partial charge on any atom is -0.462 e. The largest absolute Gasteiger partial charge is 0.462 e. The van der Waals surface area contributed by atoms with Gasteiger partial charge in [0.15, 0.2) is 0 Å². The van der Waals surface area contributed by atoms with Crippen LogP contribution in [0.4, 0.5) is 11.4 Å². The van der Waals surface area contributed by atoms with Gasteiger partial charge >= 0.3 is 5.97 Å². The summed E-state index contributed by atoms with van der Waals surface area (Å²) in [6.45, 7) is 5.76. The van der Waals surface area contributed by atoms with Crippen molar-refractivity contribution in [3.05, 3.63) is 33.9 Å². The fraction of sp³-hybridized carbons (Fsp3) is 0.533. The van der Waals surface area contributed by atoms with Crippen molar-refractivity contribution < 1.29 is 14.5 Å². The molecular weight excluding hydrogens is 272 g/mol. The summed E-state index contributed by atoms with van der Waals surface area (Å²) in [6.07, 6.45) is 2.05. The van der Waals surface area contributed by atoms with Gasteiger partial charge in [-0.3, -0.25) is 10.1 Å². The molecule has 6 nitrogen and oxygen atoms in total. The number of anilines is 1. The number of rotatable bonds is 4. The third-order valence-electron chi connectivity index (χ3n) is 3.81. The van der Waals surface area contributed by atoms with E-state index in [0.717, 1.165) is 25.9 Å². The summed E-state index contributed by atoms with van der Waals surface area (Å²) in [5, 5.41) is 11.3. The van der Waals surface area contributed by atoms with Gasteiger partial charge in [0.25, 0.3) is 5.69 Å². The van der Waals surface area contributed by atoms with Gasteiger partial charge < -0.3 is 9.64 Å². The summed E-state index contributed by atoms with van der Waals surface area (Å²) in [7, 11) is 0. The molecule has 1 aliphatic heterocycles. The molecule has 0 spiro atoms. The van der Waals surface area contributed by atoms with Crippen molar-refractivity contribution >= 4 is 17.3 Å². The zero-order valence-corrected chi connectivity index (χ0v) is 12.4.